The first kappa shape index (κ1) is 18.7. The molecule has 0 saturated carbocycles. The van der Waals surface area contributed by atoms with E-state index in [1.165, 1.54) is 11.3 Å². The first-order chi connectivity index (χ1) is 14.1. The number of pyridine rings is 1. The second kappa shape index (κ2) is 8.15. The van der Waals surface area contributed by atoms with Crippen molar-refractivity contribution in [2.24, 2.45) is 7.05 Å². The molecule has 9 nitrogen and oxygen atoms in total. The molecule has 0 saturated heterocycles. The third-order valence-corrected chi connectivity index (χ3v) is 4.94. The number of rotatable bonds is 6. The molecular formula is C19H18N8OS. The van der Waals surface area contributed by atoms with Gasteiger partial charge in [0.15, 0.2) is 0 Å². The number of hydrogen-bond donors (Lipinski definition) is 2. The molecule has 0 aliphatic carbocycles. The molecule has 2 N–H and O–H groups in total. The fourth-order valence-electron chi connectivity index (χ4n) is 2.69. The van der Waals surface area contributed by atoms with Crippen LogP contribution in [-0.4, -0.2) is 35.6 Å². The zero-order valence-corrected chi connectivity index (χ0v) is 16.6. The Hall–Kier alpha value is -3.66. The van der Waals surface area contributed by atoms with Gasteiger partial charge in [0.25, 0.3) is 5.91 Å². The van der Waals surface area contributed by atoms with Gasteiger partial charge in [0.05, 0.1) is 35.0 Å². The largest absolute Gasteiger partial charge is 0.347 e. The van der Waals surface area contributed by atoms with Gasteiger partial charge in [-0.25, -0.2) is 9.97 Å². The summed E-state index contributed by atoms with van der Waals surface area (Å²) >= 11 is 1.31. The van der Waals surface area contributed by atoms with Crippen LogP contribution in [0.15, 0.2) is 48.5 Å². The molecule has 4 aromatic heterocycles. The van der Waals surface area contributed by atoms with Gasteiger partial charge in [-0.2, -0.15) is 5.10 Å². The topological polar surface area (TPSA) is 111 Å². The minimum absolute atomic E-state index is 0.141. The predicted octanol–water partition coefficient (Wildman–Crippen LogP) is 2.71. The van der Waals surface area contributed by atoms with Gasteiger partial charge in [0, 0.05) is 31.7 Å². The van der Waals surface area contributed by atoms with Crippen LogP contribution in [0.2, 0.25) is 0 Å². The molecule has 0 aliphatic heterocycles. The minimum Gasteiger partial charge on any atom is -0.347 e. The molecule has 0 atom stereocenters. The molecule has 0 spiro atoms. The fourth-order valence-corrected chi connectivity index (χ4v) is 3.22. The summed E-state index contributed by atoms with van der Waals surface area (Å²) in [6, 6.07) is 5.64. The van der Waals surface area contributed by atoms with E-state index in [9.17, 15) is 4.79 Å². The van der Waals surface area contributed by atoms with Crippen molar-refractivity contribution in [1.82, 2.24) is 35.0 Å². The van der Waals surface area contributed by atoms with Crippen molar-refractivity contribution < 1.29 is 4.79 Å². The summed E-state index contributed by atoms with van der Waals surface area (Å²) in [7, 11) is 1.84. The third-order valence-electron chi connectivity index (χ3n) is 4.17. The number of aromatic nitrogens is 6. The quantitative estimate of drug-likeness (QED) is 0.506. The predicted molar refractivity (Wildman–Crippen MR) is 110 cm³/mol. The Balaban J connectivity index is 1.47. The van der Waals surface area contributed by atoms with E-state index in [1.807, 2.05) is 32.3 Å². The molecule has 0 aliphatic rings. The average Bonchev–Trinajstić information content (AvgIpc) is 3.39. The van der Waals surface area contributed by atoms with Crippen LogP contribution in [0.5, 0.6) is 0 Å². The number of aryl methyl sites for hydroxylation is 2. The lowest BCUT2D eigenvalue weighted by atomic mass is 10.1. The van der Waals surface area contributed by atoms with Crippen molar-refractivity contribution in [3.63, 3.8) is 0 Å². The standard InChI is InChI=1S/C19H18N8OS/c1-12-13(7-22-18(28)17-9-20-11-29-17)3-4-15(24-12)16-5-6-21-19(26-16)25-14-8-23-27(2)10-14/h3-6,8-11H,7H2,1-2H3,(H,22,28)(H,21,25,26). The highest BCUT2D eigenvalue weighted by molar-refractivity contribution is 7.11. The Morgan fingerprint density at radius 2 is 2.03 bits per heavy atom. The second-order valence-electron chi connectivity index (χ2n) is 6.28. The van der Waals surface area contributed by atoms with Crippen molar-refractivity contribution in [3.8, 4) is 11.4 Å². The summed E-state index contributed by atoms with van der Waals surface area (Å²) in [6.07, 6.45) is 6.78. The normalized spacial score (nSPS) is 10.7. The lowest BCUT2D eigenvalue weighted by Gasteiger charge is -2.09. The first-order valence-corrected chi connectivity index (χ1v) is 9.69. The molecule has 1 amide bonds. The van der Waals surface area contributed by atoms with E-state index in [0.29, 0.717) is 23.1 Å². The number of carbonyl (C=O) groups is 1. The van der Waals surface area contributed by atoms with E-state index in [-0.39, 0.29) is 5.91 Å². The number of thiazole rings is 1. The zero-order valence-electron chi connectivity index (χ0n) is 15.8. The zero-order chi connectivity index (χ0) is 20.2. The summed E-state index contributed by atoms with van der Waals surface area (Å²) in [5.74, 6) is 0.328. The highest BCUT2D eigenvalue weighted by Crippen LogP contribution is 2.19. The number of anilines is 2. The highest BCUT2D eigenvalue weighted by atomic mass is 32.1. The molecule has 0 aromatic carbocycles. The maximum atomic E-state index is 12.1. The third kappa shape index (κ3) is 4.43. The van der Waals surface area contributed by atoms with Crippen LogP contribution in [0.3, 0.4) is 0 Å². The maximum Gasteiger partial charge on any atom is 0.263 e. The molecule has 0 unspecified atom stereocenters. The Morgan fingerprint density at radius 1 is 1.17 bits per heavy atom. The van der Waals surface area contributed by atoms with Crippen LogP contribution >= 0.6 is 11.3 Å². The summed E-state index contributed by atoms with van der Waals surface area (Å²) < 4.78 is 1.70. The molecule has 0 fully saturated rings. The number of carbonyl (C=O) groups excluding carboxylic acids is 1. The van der Waals surface area contributed by atoms with Gasteiger partial charge in [0.2, 0.25) is 5.95 Å². The van der Waals surface area contributed by atoms with Crippen LogP contribution in [0, 0.1) is 6.92 Å². The number of amides is 1. The maximum absolute atomic E-state index is 12.1. The summed E-state index contributed by atoms with van der Waals surface area (Å²) in [6.45, 7) is 2.31. The molecular weight excluding hydrogens is 388 g/mol. The number of hydrogen-bond acceptors (Lipinski definition) is 8. The summed E-state index contributed by atoms with van der Waals surface area (Å²) in [5.41, 5.74) is 5.64. The minimum atomic E-state index is -0.141. The van der Waals surface area contributed by atoms with Gasteiger partial charge in [-0.15, -0.1) is 11.3 Å². The Labute approximate surface area is 170 Å². The van der Waals surface area contributed by atoms with Crippen LogP contribution in [-0.2, 0) is 13.6 Å². The lowest BCUT2D eigenvalue weighted by Crippen LogP contribution is -2.22. The number of nitrogens with one attached hydrogen (secondary N) is 2. The molecule has 10 heteroatoms. The van der Waals surface area contributed by atoms with Gasteiger partial charge >= 0.3 is 0 Å². The Kier molecular flexibility index (Phi) is 5.25. The van der Waals surface area contributed by atoms with E-state index < -0.39 is 0 Å². The van der Waals surface area contributed by atoms with E-state index in [4.69, 9.17) is 0 Å². The lowest BCUT2D eigenvalue weighted by molar-refractivity contribution is 0.0954. The highest BCUT2D eigenvalue weighted by Gasteiger charge is 2.10. The molecule has 146 valence electrons. The van der Waals surface area contributed by atoms with Crippen LogP contribution in [0.4, 0.5) is 11.6 Å². The first-order valence-electron chi connectivity index (χ1n) is 8.81. The average molecular weight is 406 g/mol. The van der Waals surface area contributed by atoms with E-state index in [0.717, 1.165) is 22.6 Å². The molecule has 4 aromatic rings. The van der Waals surface area contributed by atoms with E-state index in [2.05, 4.69) is 35.7 Å². The van der Waals surface area contributed by atoms with Gasteiger partial charge in [0.1, 0.15) is 4.88 Å². The van der Waals surface area contributed by atoms with Crippen LogP contribution in [0.25, 0.3) is 11.4 Å². The van der Waals surface area contributed by atoms with Gasteiger partial charge in [-0.1, -0.05) is 6.07 Å². The monoisotopic (exact) mass is 406 g/mol. The van der Waals surface area contributed by atoms with E-state index in [1.54, 1.807) is 34.8 Å². The Bertz CT molecular complexity index is 1140. The summed E-state index contributed by atoms with van der Waals surface area (Å²) in [5, 5.41) is 10.1. The van der Waals surface area contributed by atoms with Crippen molar-refractivity contribution in [2.75, 3.05) is 5.32 Å². The van der Waals surface area contributed by atoms with Gasteiger partial charge < -0.3 is 10.6 Å². The Morgan fingerprint density at radius 3 is 2.76 bits per heavy atom. The SMILES string of the molecule is Cc1nc(-c2ccnc(Nc3cnn(C)c3)n2)ccc1CNC(=O)c1cncs1. The number of nitrogens with zero attached hydrogens (tertiary/aromatic N) is 6. The van der Waals surface area contributed by atoms with Crippen LogP contribution in [0.1, 0.15) is 20.9 Å². The molecule has 0 bridgehead atoms. The van der Waals surface area contributed by atoms with Crippen molar-refractivity contribution in [3.05, 3.63) is 64.6 Å². The van der Waals surface area contributed by atoms with Crippen molar-refractivity contribution in [1.29, 1.82) is 0 Å². The molecule has 4 rings (SSSR count). The van der Waals surface area contributed by atoms with E-state index >= 15 is 0 Å². The van der Waals surface area contributed by atoms with Crippen molar-refractivity contribution >= 4 is 28.9 Å². The second-order valence-corrected chi connectivity index (χ2v) is 7.17. The van der Waals surface area contributed by atoms with Crippen LogP contribution < -0.4 is 10.6 Å². The smallest absolute Gasteiger partial charge is 0.263 e. The van der Waals surface area contributed by atoms with Gasteiger partial charge in [-0.05, 0) is 24.6 Å². The molecule has 29 heavy (non-hydrogen) atoms. The fraction of sp³-hybridized carbons (Fsp3) is 0.158. The summed E-state index contributed by atoms with van der Waals surface area (Å²) in [4.78, 5) is 30.0. The molecule has 0 radical (unpaired) electrons. The van der Waals surface area contributed by atoms with Gasteiger partial charge in [-0.3, -0.25) is 19.4 Å². The van der Waals surface area contributed by atoms with Crippen molar-refractivity contribution in [2.45, 2.75) is 13.5 Å². The molecule has 4 heterocycles.